The van der Waals surface area contributed by atoms with E-state index in [0.717, 1.165) is 22.5 Å². The van der Waals surface area contributed by atoms with Crippen molar-refractivity contribution in [1.82, 2.24) is 5.32 Å². The van der Waals surface area contributed by atoms with E-state index in [4.69, 9.17) is 9.47 Å². The van der Waals surface area contributed by atoms with Gasteiger partial charge >= 0.3 is 5.97 Å². The number of benzene rings is 2. The molecule has 1 aliphatic heterocycles. The highest BCUT2D eigenvalue weighted by atomic mass is 16.5. The molecule has 2 aromatic rings. The van der Waals surface area contributed by atoms with Crippen LogP contribution in [0.4, 0.5) is 0 Å². The van der Waals surface area contributed by atoms with Crippen LogP contribution >= 0.6 is 0 Å². The van der Waals surface area contributed by atoms with E-state index in [0.29, 0.717) is 24.2 Å². The molecule has 0 spiro atoms. The van der Waals surface area contributed by atoms with Crippen LogP contribution in [0.15, 0.2) is 77.6 Å². The SMILES string of the molecule is COc1cccc(C2C(C(=O)OCCc3ccccc3)=C(C)NC3=CC(C)(C)CC(=O)C32)c1. The van der Waals surface area contributed by atoms with Crippen LogP contribution in [0.5, 0.6) is 5.75 Å². The second-order valence-corrected chi connectivity index (χ2v) is 9.50. The highest BCUT2D eigenvalue weighted by Crippen LogP contribution is 2.47. The van der Waals surface area contributed by atoms with E-state index in [2.05, 4.69) is 25.2 Å². The van der Waals surface area contributed by atoms with E-state index in [1.54, 1.807) is 7.11 Å². The van der Waals surface area contributed by atoms with Gasteiger partial charge < -0.3 is 14.8 Å². The Kier molecular flexibility index (Phi) is 6.41. The maximum Gasteiger partial charge on any atom is 0.336 e. The monoisotopic (exact) mass is 445 g/mol. The third-order valence-electron chi connectivity index (χ3n) is 6.38. The van der Waals surface area contributed by atoms with Gasteiger partial charge in [0.25, 0.3) is 0 Å². The van der Waals surface area contributed by atoms with E-state index in [1.807, 2.05) is 61.5 Å². The van der Waals surface area contributed by atoms with Crippen LogP contribution < -0.4 is 10.1 Å². The maximum absolute atomic E-state index is 13.4. The summed E-state index contributed by atoms with van der Waals surface area (Å²) in [6, 6.07) is 17.5. The highest BCUT2D eigenvalue weighted by Gasteiger charge is 2.46. The minimum Gasteiger partial charge on any atom is -0.497 e. The van der Waals surface area contributed by atoms with Crippen LogP contribution in [0.1, 0.15) is 44.2 Å². The Hall–Kier alpha value is -3.34. The fraction of sp³-hybridized carbons (Fsp3) is 0.357. The molecule has 1 N–H and O–H groups in total. The predicted octanol–water partition coefficient (Wildman–Crippen LogP) is 4.94. The standard InChI is InChI=1S/C28H31NO4/c1-18-24(27(31)33-14-13-19-9-6-5-7-10-19)25(20-11-8-12-21(15-20)32-4)26-22(29-18)16-28(2,3)17-23(26)30/h5-12,15-16,25-26,29H,13-14,17H2,1-4H3. The van der Waals surface area contributed by atoms with Crippen LogP contribution in [-0.2, 0) is 20.7 Å². The Balaban J connectivity index is 1.69. The maximum atomic E-state index is 13.4. The zero-order chi connectivity index (χ0) is 23.6. The van der Waals surface area contributed by atoms with Crippen LogP contribution in [0.3, 0.4) is 0 Å². The van der Waals surface area contributed by atoms with Crippen molar-refractivity contribution in [1.29, 1.82) is 0 Å². The number of nitrogens with one attached hydrogen (secondary N) is 1. The number of ether oxygens (including phenoxy) is 2. The summed E-state index contributed by atoms with van der Waals surface area (Å²) in [6.45, 7) is 6.27. The molecule has 2 aliphatic rings. The van der Waals surface area contributed by atoms with Gasteiger partial charge in [-0.05, 0) is 35.6 Å². The van der Waals surface area contributed by atoms with Gasteiger partial charge in [0.1, 0.15) is 11.5 Å². The lowest BCUT2D eigenvalue weighted by Crippen LogP contribution is -2.43. The molecule has 2 unspecified atom stereocenters. The van der Waals surface area contributed by atoms with Crippen molar-refractivity contribution in [2.75, 3.05) is 13.7 Å². The van der Waals surface area contributed by atoms with E-state index in [9.17, 15) is 9.59 Å². The van der Waals surface area contributed by atoms with Crippen molar-refractivity contribution in [3.8, 4) is 5.75 Å². The fourth-order valence-corrected chi connectivity index (χ4v) is 4.92. The number of carbonyl (C=O) groups is 2. The number of hydrogen-bond acceptors (Lipinski definition) is 5. The van der Waals surface area contributed by atoms with E-state index >= 15 is 0 Å². The van der Waals surface area contributed by atoms with Crippen molar-refractivity contribution >= 4 is 11.8 Å². The Labute approximate surface area is 195 Å². The van der Waals surface area contributed by atoms with E-state index in [1.165, 1.54) is 0 Å². The Morgan fingerprint density at radius 2 is 1.85 bits per heavy atom. The Morgan fingerprint density at radius 1 is 1.09 bits per heavy atom. The van der Waals surface area contributed by atoms with Gasteiger partial charge in [0, 0.05) is 30.2 Å². The van der Waals surface area contributed by atoms with Gasteiger partial charge in [0.2, 0.25) is 0 Å². The van der Waals surface area contributed by atoms with Gasteiger partial charge in [0.05, 0.1) is 25.2 Å². The average Bonchev–Trinajstić information content (AvgIpc) is 2.78. The summed E-state index contributed by atoms with van der Waals surface area (Å²) in [5.41, 5.74) is 3.84. The third kappa shape index (κ3) is 4.87. The first-order chi connectivity index (χ1) is 15.8. The molecule has 172 valence electrons. The number of allylic oxidation sites excluding steroid dienone is 3. The number of carbonyl (C=O) groups excluding carboxylic acids is 2. The average molecular weight is 446 g/mol. The van der Waals surface area contributed by atoms with Gasteiger partial charge in [-0.25, -0.2) is 4.79 Å². The third-order valence-corrected chi connectivity index (χ3v) is 6.38. The van der Waals surface area contributed by atoms with Crippen molar-refractivity contribution < 1.29 is 19.1 Å². The predicted molar refractivity (Wildman–Crippen MR) is 128 cm³/mol. The molecule has 0 saturated carbocycles. The summed E-state index contributed by atoms with van der Waals surface area (Å²) in [5.74, 6) is -0.458. The molecular formula is C28H31NO4. The Morgan fingerprint density at radius 3 is 2.58 bits per heavy atom. The summed E-state index contributed by atoms with van der Waals surface area (Å²) >= 11 is 0. The van der Waals surface area contributed by atoms with Crippen molar-refractivity contribution in [2.24, 2.45) is 11.3 Å². The summed E-state index contributed by atoms with van der Waals surface area (Å²) in [6.07, 6.45) is 3.20. The molecule has 4 rings (SSSR count). The van der Waals surface area contributed by atoms with Gasteiger partial charge in [0.15, 0.2) is 0 Å². The van der Waals surface area contributed by atoms with E-state index < -0.39 is 11.8 Å². The highest BCUT2D eigenvalue weighted by molar-refractivity contribution is 5.96. The second kappa shape index (κ2) is 9.26. The number of methoxy groups -OCH3 is 1. The summed E-state index contributed by atoms with van der Waals surface area (Å²) < 4.78 is 11.2. The zero-order valence-corrected chi connectivity index (χ0v) is 19.7. The van der Waals surface area contributed by atoms with Gasteiger partial charge in [-0.15, -0.1) is 0 Å². The molecular weight excluding hydrogens is 414 g/mol. The molecule has 5 nitrogen and oxygen atoms in total. The van der Waals surface area contributed by atoms with Gasteiger partial charge in [-0.3, -0.25) is 4.79 Å². The molecule has 0 fully saturated rings. The minimum absolute atomic E-state index is 0.125. The molecule has 2 aromatic carbocycles. The number of fused-ring (bicyclic) bond motifs is 1. The van der Waals surface area contributed by atoms with Gasteiger partial charge in [-0.1, -0.05) is 62.4 Å². The molecule has 2 atom stereocenters. The quantitative estimate of drug-likeness (QED) is 0.638. The molecule has 0 bridgehead atoms. The number of esters is 1. The van der Waals surface area contributed by atoms with Crippen molar-refractivity contribution in [3.05, 3.63) is 88.8 Å². The molecule has 1 heterocycles. The Bertz CT molecular complexity index is 1110. The molecule has 33 heavy (non-hydrogen) atoms. The summed E-state index contributed by atoms with van der Waals surface area (Å²) in [7, 11) is 1.61. The lowest BCUT2D eigenvalue weighted by atomic mass is 9.66. The number of hydrogen-bond donors (Lipinski definition) is 1. The molecule has 5 heteroatoms. The van der Waals surface area contributed by atoms with E-state index in [-0.39, 0.29) is 23.8 Å². The molecule has 1 aliphatic carbocycles. The fourth-order valence-electron chi connectivity index (χ4n) is 4.92. The largest absolute Gasteiger partial charge is 0.497 e. The smallest absolute Gasteiger partial charge is 0.336 e. The minimum atomic E-state index is -0.453. The van der Waals surface area contributed by atoms with Gasteiger partial charge in [-0.2, -0.15) is 0 Å². The lowest BCUT2D eigenvalue weighted by molar-refractivity contribution is -0.139. The van der Waals surface area contributed by atoms with Crippen molar-refractivity contribution in [2.45, 2.75) is 39.5 Å². The first kappa shape index (κ1) is 22.8. The molecule has 0 saturated heterocycles. The zero-order valence-electron chi connectivity index (χ0n) is 19.7. The number of ketones is 1. The molecule has 0 amide bonds. The summed E-state index contributed by atoms with van der Waals surface area (Å²) in [5, 5.41) is 3.36. The topological polar surface area (TPSA) is 64.6 Å². The second-order valence-electron chi connectivity index (χ2n) is 9.50. The number of rotatable bonds is 6. The van der Waals surface area contributed by atoms with Crippen molar-refractivity contribution in [3.63, 3.8) is 0 Å². The molecule has 0 aromatic heterocycles. The van der Waals surface area contributed by atoms with Crippen LogP contribution in [-0.4, -0.2) is 25.5 Å². The summed E-state index contributed by atoms with van der Waals surface area (Å²) in [4.78, 5) is 26.7. The van der Waals surface area contributed by atoms with Crippen LogP contribution in [0.2, 0.25) is 0 Å². The normalized spacial score (nSPS) is 21.6. The lowest BCUT2D eigenvalue weighted by Gasteiger charge is -2.41. The first-order valence-corrected chi connectivity index (χ1v) is 11.4. The molecule has 0 radical (unpaired) electrons. The number of Topliss-reactive ketones (excluding diaryl/α,β-unsaturated/α-hetero) is 1. The first-order valence-electron chi connectivity index (χ1n) is 11.4. The van der Waals surface area contributed by atoms with Crippen LogP contribution in [0.25, 0.3) is 0 Å². The van der Waals surface area contributed by atoms with Crippen LogP contribution in [0, 0.1) is 11.3 Å².